The highest BCUT2D eigenvalue weighted by atomic mass is 35.5. The van der Waals surface area contributed by atoms with E-state index in [0.29, 0.717) is 11.3 Å². The number of halogens is 1. The number of unbranched alkanes of at least 4 members (excludes halogenated alkanes) is 18. The van der Waals surface area contributed by atoms with Crippen molar-refractivity contribution in [3.05, 3.63) is 23.1 Å². The number of hydrogen-bond donors (Lipinski definition) is 5. The highest BCUT2D eigenvalue weighted by Crippen LogP contribution is 2.55. The van der Waals surface area contributed by atoms with Crippen LogP contribution < -0.4 is 4.90 Å². The molecule has 2 aromatic rings. The number of hydrogen-bond acceptors (Lipinski definition) is 10. The predicted molar refractivity (Wildman–Crippen MR) is 205 cm³/mol. The minimum Gasteiger partial charge on any atom is -0.506 e. The lowest BCUT2D eigenvalue weighted by molar-refractivity contribution is -0.0112. The molecule has 0 saturated carbocycles. The Bertz CT molecular complexity index is 1450. The zero-order chi connectivity index (χ0) is 38.0. The van der Waals surface area contributed by atoms with Gasteiger partial charge in [0.25, 0.3) is 0 Å². The summed E-state index contributed by atoms with van der Waals surface area (Å²) in [5.41, 5.74) is 0.713. The van der Waals surface area contributed by atoms with Gasteiger partial charge in [-0.25, -0.2) is 4.98 Å². The highest BCUT2D eigenvalue weighted by Gasteiger charge is 2.40. The van der Waals surface area contributed by atoms with Crippen molar-refractivity contribution in [2.45, 2.75) is 155 Å². The van der Waals surface area contributed by atoms with E-state index in [0.717, 1.165) is 38.8 Å². The van der Waals surface area contributed by atoms with E-state index in [1.54, 1.807) is 0 Å². The Morgan fingerprint density at radius 1 is 0.808 bits per heavy atom. The van der Waals surface area contributed by atoms with Crippen LogP contribution in [-0.2, 0) is 18.4 Å². The Labute approximate surface area is 314 Å². The zero-order valence-corrected chi connectivity index (χ0v) is 33.6. The summed E-state index contributed by atoms with van der Waals surface area (Å²) >= 11 is 6.48. The summed E-state index contributed by atoms with van der Waals surface area (Å²) in [6.07, 6.45) is 23.1. The van der Waals surface area contributed by atoms with Crippen LogP contribution in [0.25, 0.3) is 11.2 Å². The summed E-state index contributed by atoms with van der Waals surface area (Å²) in [6, 6.07) is 0. The van der Waals surface area contributed by atoms with E-state index in [4.69, 9.17) is 30.6 Å². The van der Waals surface area contributed by atoms with E-state index in [1.807, 2.05) is 0 Å². The van der Waals surface area contributed by atoms with Crippen molar-refractivity contribution in [2.24, 2.45) is 0 Å². The van der Waals surface area contributed by atoms with Gasteiger partial charge >= 0.3 is 15.2 Å². The van der Waals surface area contributed by atoms with Gasteiger partial charge in [0, 0.05) is 13.1 Å². The molecule has 3 rings (SSSR count). The summed E-state index contributed by atoms with van der Waals surface area (Å²) in [5.74, 6) is -1.86. The molecule has 14 nitrogen and oxygen atoms in total. The third-order valence-electron chi connectivity index (χ3n) is 9.37. The normalized spacial score (nSPS) is 17.6. The number of aliphatic hydroxyl groups is 2. The smallest absolute Gasteiger partial charge is 0.340 e. The quantitative estimate of drug-likeness (QED) is 0.0297. The second-order valence-corrected chi connectivity index (χ2v) is 18.3. The van der Waals surface area contributed by atoms with Gasteiger partial charge < -0.3 is 34.5 Å². The predicted octanol–water partition coefficient (Wildman–Crippen LogP) is 9.12. The third-order valence-corrected chi connectivity index (χ3v) is 13.0. The monoisotopic (exact) mass is 793 g/mol. The Balaban J connectivity index is 1.68. The standard InChI is InChI=1S/C35H62ClN5O9P2/c1-3-5-7-9-11-13-15-17-19-21-23-40(24-22-20-18-16-14-12-10-8-6-4-2)32-29-33(39-35(36)38-32)41(26-37-29)34-31(43)30(42)28(50-34)25-49-52(47,48)27-51(44,45)46/h26,31,34,42-43H,3-25,27H2,1-2H3,(H,47,48)(H2,44,45,46)/t31?,34-/m1/s1. The molecule has 0 spiro atoms. The van der Waals surface area contributed by atoms with Crippen molar-refractivity contribution in [1.29, 1.82) is 0 Å². The molecule has 52 heavy (non-hydrogen) atoms. The summed E-state index contributed by atoms with van der Waals surface area (Å²) in [5, 5.41) is 21.4. The molecule has 3 atom stereocenters. The molecule has 5 N–H and O–H groups in total. The minimum atomic E-state index is -4.86. The van der Waals surface area contributed by atoms with Gasteiger partial charge in [0.2, 0.25) is 11.5 Å². The van der Waals surface area contributed by atoms with Gasteiger partial charge in [-0.15, -0.1) is 0 Å². The molecule has 0 aromatic carbocycles. The van der Waals surface area contributed by atoms with E-state index in [9.17, 15) is 24.2 Å². The Morgan fingerprint density at radius 2 is 1.29 bits per heavy atom. The van der Waals surface area contributed by atoms with Gasteiger partial charge in [-0.05, 0) is 24.4 Å². The van der Waals surface area contributed by atoms with Crippen molar-refractivity contribution < 1.29 is 43.3 Å². The lowest BCUT2D eigenvalue weighted by Gasteiger charge is -2.24. The molecule has 2 aromatic heterocycles. The van der Waals surface area contributed by atoms with E-state index in [2.05, 4.69) is 33.7 Å². The van der Waals surface area contributed by atoms with Gasteiger partial charge in [0.15, 0.2) is 40.5 Å². The number of anilines is 1. The molecule has 1 aliphatic rings. The van der Waals surface area contributed by atoms with Gasteiger partial charge in [0.05, 0.1) is 0 Å². The topological polar surface area (TPSA) is 201 Å². The number of aromatic nitrogens is 4. The first-order valence-electron chi connectivity index (χ1n) is 19.3. The number of nitrogens with zero attached hydrogens (tertiary/aromatic N) is 5. The molecular formula is C35H62ClN5O9P2. The van der Waals surface area contributed by atoms with E-state index in [-0.39, 0.29) is 16.7 Å². The van der Waals surface area contributed by atoms with Crippen LogP contribution in [0.4, 0.5) is 5.82 Å². The van der Waals surface area contributed by atoms with Crippen molar-refractivity contribution in [2.75, 3.05) is 30.5 Å². The molecule has 0 fully saturated rings. The largest absolute Gasteiger partial charge is 0.506 e. The van der Waals surface area contributed by atoms with E-state index < -0.39 is 45.8 Å². The maximum atomic E-state index is 12.1. The fourth-order valence-corrected chi connectivity index (χ4v) is 9.18. The van der Waals surface area contributed by atoms with Crippen LogP contribution in [0.3, 0.4) is 0 Å². The fraction of sp³-hybridized carbons (Fsp3) is 0.800. The van der Waals surface area contributed by atoms with Gasteiger partial charge in [-0.3, -0.25) is 18.2 Å². The summed E-state index contributed by atoms with van der Waals surface area (Å²) in [7, 11) is -9.60. The Hall–Kier alpha value is -1.76. The van der Waals surface area contributed by atoms with Crippen LogP contribution in [0.1, 0.15) is 148 Å². The Morgan fingerprint density at radius 3 is 1.77 bits per heavy atom. The molecule has 3 heterocycles. The van der Waals surface area contributed by atoms with E-state index >= 15 is 0 Å². The van der Waals surface area contributed by atoms with Crippen molar-refractivity contribution in [1.82, 2.24) is 19.5 Å². The minimum absolute atomic E-state index is 0.0210. The van der Waals surface area contributed by atoms with Crippen LogP contribution >= 0.6 is 26.8 Å². The zero-order valence-electron chi connectivity index (χ0n) is 31.1. The third kappa shape index (κ3) is 15.5. The second-order valence-electron chi connectivity index (χ2n) is 14.0. The lowest BCUT2D eigenvalue weighted by atomic mass is 10.1. The van der Waals surface area contributed by atoms with Gasteiger partial charge in [-0.1, -0.05) is 129 Å². The SMILES string of the molecule is CCCCCCCCCCCCN(CCCCCCCCCCCC)c1nc(Cl)nc2c1ncn2[C@@H]1OC(COP(=O)(O)CP(=O)(O)O)=C(O)C1O. The molecule has 0 radical (unpaired) electrons. The molecule has 17 heteroatoms. The first-order valence-corrected chi connectivity index (χ1v) is 23.2. The molecule has 0 amide bonds. The molecule has 0 aliphatic carbocycles. The average Bonchev–Trinajstić information content (AvgIpc) is 3.62. The number of aliphatic hydroxyl groups excluding tert-OH is 2. The molecule has 2 unspecified atom stereocenters. The number of imidazole rings is 1. The van der Waals surface area contributed by atoms with Crippen LogP contribution in [0.2, 0.25) is 5.28 Å². The van der Waals surface area contributed by atoms with Crippen LogP contribution in [0.15, 0.2) is 17.8 Å². The average molecular weight is 794 g/mol. The lowest BCUT2D eigenvalue weighted by Crippen LogP contribution is -2.27. The van der Waals surface area contributed by atoms with Crippen LogP contribution in [-0.4, -0.2) is 76.1 Å². The van der Waals surface area contributed by atoms with Crippen molar-refractivity contribution >= 4 is 43.8 Å². The maximum Gasteiger partial charge on any atom is 0.340 e. The first-order chi connectivity index (χ1) is 24.9. The summed E-state index contributed by atoms with van der Waals surface area (Å²) in [4.78, 5) is 43.7. The number of ether oxygens (including phenoxy) is 1. The summed E-state index contributed by atoms with van der Waals surface area (Å²) in [6.45, 7) is 5.20. The Kier molecular flexibility index (Phi) is 19.9. The van der Waals surface area contributed by atoms with Gasteiger partial charge in [-0.2, -0.15) is 9.97 Å². The molecule has 0 bridgehead atoms. The van der Waals surface area contributed by atoms with Crippen LogP contribution in [0.5, 0.6) is 0 Å². The maximum absolute atomic E-state index is 12.1. The van der Waals surface area contributed by atoms with Crippen molar-refractivity contribution in [3.63, 3.8) is 0 Å². The molecule has 298 valence electrons. The fourth-order valence-electron chi connectivity index (χ4n) is 6.51. The molecule has 0 saturated heterocycles. The second kappa shape index (κ2) is 23.2. The first kappa shape index (κ1) is 44.6. The molecular weight excluding hydrogens is 732 g/mol. The van der Waals surface area contributed by atoms with Gasteiger partial charge in [0.1, 0.15) is 12.9 Å². The summed E-state index contributed by atoms with van der Waals surface area (Å²) < 4.78 is 35.2. The van der Waals surface area contributed by atoms with Crippen LogP contribution in [0, 0.1) is 0 Å². The van der Waals surface area contributed by atoms with E-state index in [1.165, 1.54) is 114 Å². The molecule has 1 aliphatic heterocycles. The number of rotatable bonds is 29. The van der Waals surface area contributed by atoms with Crippen molar-refractivity contribution in [3.8, 4) is 0 Å². The number of fused-ring (bicyclic) bond motifs is 1. The highest BCUT2D eigenvalue weighted by molar-refractivity contribution is 7.70.